The lowest BCUT2D eigenvalue weighted by atomic mass is 10.0. The largest absolute Gasteiger partial charge is 0.508 e. The lowest BCUT2D eigenvalue weighted by Crippen LogP contribution is -1.80. The molecular weight excluding hydrogens is 224 g/mol. The fourth-order valence-electron chi connectivity index (χ4n) is 1.62. The minimum Gasteiger partial charge on any atom is -0.508 e. The first-order chi connectivity index (χ1) is 8.79. The predicted octanol–water partition coefficient (Wildman–Crippen LogP) is 2.79. The zero-order valence-electron chi connectivity index (χ0n) is 9.93. The summed E-state index contributed by atoms with van der Waals surface area (Å²) >= 11 is 0. The molecule has 0 saturated carbocycles. The molecule has 0 saturated heterocycles. The maximum atomic E-state index is 9.23. The standard InChI is InChI=1S/C16H14O2/c17-12-2-1-3-13-4-6-14(7-5-13)15-8-10-16(18)11-9-15/h4-11,17-18H,2,12H2. The molecule has 0 atom stereocenters. The van der Waals surface area contributed by atoms with Crippen LogP contribution in [-0.2, 0) is 0 Å². The molecule has 0 heterocycles. The van der Waals surface area contributed by atoms with Crippen LogP contribution in [0.15, 0.2) is 48.5 Å². The van der Waals surface area contributed by atoms with Crippen LogP contribution >= 0.6 is 0 Å². The minimum absolute atomic E-state index is 0.0958. The second kappa shape index (κ2) is 5.90. The molecule has 2 N–H and O–H groups in total. The van der Waals surface area contributed by atoms with E-state index in [-0.39, 0.29) is 12.4 Å². The first kappa shape index (κ1) is 12.2. The molecule has 0 aliphatic heterocycles. The highest BCUT2D eigenvalue weighted by molar-refractivity contribution is 5.65. The molecule has 90 valence electrons. The number of aliphatic hydroxyl groups excluding tert-OH is 1. The van der Waals surface area contributed by atoms with Gasteiger partial charge in [0.05, 0.1) is 6.61 Å². The van der Waals surface area contributed by atoms with Gasteiger partial charge in [-0.1, -0.05) is 36.1 Å². The molecule has 2 rings (SSSR count). The lowest BCUT2D eigenvalue weighted by molar-refractivity contribution is 0.305. The summed E-state index contributed by atoms with van der Waals surface area (Å²) in [6.07, 6.45) is 0.500. The van der Waals surface area contributed by atoms with E-state index in [9.17, 15) is 5.11 Å². The topological polar surface area (TPSA) is 40.5 Å². The van der Waals surface area contributed by atoms with Gasteiger partial charge in [0.25, 0.3) is 0 Å². The molecule has 18 heavy (non-hydrogen) atoms. The Morgan fingerprint density at radius 2 is 1.39 bits per heavy atom. The van der Waals surface area contributed by atoms with Gasteiger partial charge in [-0.15, -0.1) is 0 Å². The SMILES string of the molecule is OCCC#Cc1ccc(-c2ccc(O)cc2)cc1. The summed E-state index contributed by atoms with van der Waals surface area (Å²) in [5, 5.41) is 17.9. The Morgan fingerprint density at radius 1 is 0.833 bits per heavy atom. The van der Waals surface area contributed by atoms with Gasteiger partial charge in [0.15, 0.2) is 0 Å². The van der Waals surface area contributed by atoms with Crippen LogP contribution in [0.3, 0.4) is 0 Å². The fourth-order valence-corrected chi connectivity index (χ4v) is 1.62. The van der Waals surface area contributed by atoms with Crippen molar-refractivity contribution in [1.82, 2.24) is 0 Å². The van der Waals surface area contributed by atoms with E-state index in [1.165, 1.54) is 0 Å². The molecule has 2 aromatic carbocycles. The summed E-state index contributed by atoms with van der Waals surface area (Å²) in [4.78, 5) is 0. The highest BCUT2D eigenvalue weighted by Gasteiger charge is 1.97. The molecule has 0 radical (unpaired) electrons. The third kappa shape index (κ3) is 3.13. The third-order valence-corrected chi connectivity index (χ3v) is 2.56. The average Bonchev–Trinajstić information content (AvgIpc) is 2.41. The molecule has 0 aliphatic carbocycles. The number of aromatic hydroxyl groups is 1. The summed E-state index contributed by atoms with van der Waals surface area (Å²) in [7, 11) is 0. The molecule has 0 aliphatic rings. The van der Waals surface area contributed by atoms with Gasteiger partial charge in [-0.05, 0) is 35.4 Å². The Labute approximate surface area is 107 Å². The van der Waals surface area contributed by atoms with Gasteiger partial charge >= 0.3 is 0 Å². The minimum atomic E-state index is 0.0958. The van der Waals surface area contributed by atoms with Crippen LogP contribution in [-0.4, -0.2) is 16.8 Å². The predicted molar refractivity (Wildman–Crippen MR) is 72.1 cm³/mol. The number of aliphatic hydroxyl groups is 1. The second-order valence-electron chi connectivity index (χ2n) is 3.90. The van der Waals surface area contributed by atoms with Gasteiger partial charge in [0.1, 0.15) is 5.75 Å². The Bertz CT molecular complexity index is 557. The molecule has 2 nitrogen and oxygen atoms in total. The number of benzene rings is 2. The van der Waals surface area contributed by atoms with Gasteiger partial charge in [-0.3, -0.25) is 0 Å². The van der Waals surface area contributed by atoms with Crippen LogP contribution in [0.5, 0.6) is 5.75 Å². The van der Waals surface area contributed by atoms with Gasteiger partial charge in [0, 0.05) is 12.0 Å². The van der Waals surface area contributed by atoms with E-state index in [1.54, 1.807) is 12.1 Å². The van der Waals surface area contributed by atoms with Gasteiger partial charge < -0.3 is 10.2 Å². The van der Waals surface area contributed by atoms with Crippen LogP contribution in [0, 0.1) is 11.8 Å². The second-order valence-corrected chi connectivity index (χ2v) is 3.90. The Hall–Kier alpha value is -2.24. The van der Waals surface area contributed by atoms with Crippen LogP contribution in [0.1, 0.15) is 12.0 Å². The first-order valence-electron chi connectivity index (χ1n) is 5.79. The van der Waals surface area contributed by atoms with Crippen molar-refractivity contribution in [2.75, 3.05) is 6.61 Å². The highest BCUT2D eigenvalue weighted by Crippen LogP contribution is 2.21. The normalized spacial score (nSPS) is 9.61. The van der Waals surface area contributed by atoms with Crippen LogP contribution < -0.4 is 0 Å². The number of phenols is 1. The van der Waals surface area contributed by atoms with Gasteiger partial charge in [-0.2, -0.15) is 0 Å². The van der Waals surface area contributed by atoms with E-state index in [0.29, 0.717) is 6.42 Å². The fraction of sp³-hybridized carbons (Fsp3) is 0.125. The maximum Gasteiger partial charge on any atom is 0.115 e. The maximum absolute atomic E-state index is 9.23. The molecular formula is C16H14O2. The van der Waals surface area contributed by atoms with E-state index in [2.05, 4.69) is 11.8 Å². The smallest absolute Gasteiger partial charge is 0.115 e. The van der Waals surface area contributed by atoms with Gasteiger partial charge in [0.2, 0.25) is 0 Å². The molecule has 0 unspecified atom stereocenters. The Kier molecular flexibility index (Phi) is 4.01. The molecule has 0 bridgehead atoms. The summed E-state index contributed by atoms with van der Waals surface area (Å²) < 4.78 is 0. The van der Waals surface area contributed by atoms with Crippen LogP contribution in [0.4, 0.5) is 0 Å². The Balaban J connectivity index is 2.18. The zero-order chi connectivity index (χ0) is 12.8. The molecule has 2 aromatic rings. The third-order valence-electron chi connectivity index (χ3n) is 2.56. The number of hydrogen-bond acceptors (Lipinski definition) is 2. The van der Waals surface area contributed by atoms with Crippen LogP contribution in [0.25, 0.3) is 11.1 Å². The van der Waals surface area contributed by atoms with Crippen molar-refractivity contribution in [3.8, 4) is 28.7 Å². The van der Waals surface area contributed by atoms with Crippen molar-refractivity contribution in [3.63, 3.8) is 0 Å². The number of hydrogen-bond donors (Lipinski definition) is 2. The number of phenolic OH excluding ortho intramolecular Hbond substituents is 1. The van der Waals surface area contributed by atoms with E-state index < -0.39 is 0 Å². The molecule has 0 fully saturated rings. The van der Waals surface area contributed by atoms with E-state index in [0.717, 1.165) is 16.7 Å². The summed E-state index contributed by atoms with van der Waals surface area (Å²) in [5.41, 5.74) is 3.08. The highest BCUT2D eigenvalue weighted by atomic mass is 16.3. The van der Waals surface area contributed by atoms with Crippen molar-refractivity contribution >= 4 is 0 Å². The zero-order valence-corrected chi connectivity index (χ0v) is 9.93. The van der Waals surface area contributed by atoms with Crippen molar-refractivity contribution in [3.05, 3.63) is 54.1 Å². The monoisotopic (exact) mass is 238 g/mol. The molecule has 0 amide bonds. The van der Waals surface area contributed by atoms with E-state index in [4.69, 9.17) is 5.11 Å². The molecule has 0 aromatic heterocycles. The van der Waals surface area contributed by atoms with Gasteiger partial charge in [-0.25, -0.2) is 0 Å². The summed E-state index contributed by atoms with van der Waals surface area (Å²) in [5.74, 6) is 6.14. The van der Waals surface area contributed by atoms with Crippen LogP contribution in [0.2, 0.25) is 0 Å². The van der Waals surface area contributed by atoms with Crippen molar-refractivity contribution in [1.29, 1.82) is 0 Å². The first-order valence-corrected chi connectivity index (χ1v) is 5.79. The van der Waals surface area contributed by atoms with Crippen molar-refractivity contribution < 1.29 is 10.2 Å². The van der Waals surface area contributed by atoms with Crippen molar-refractivity contribution in [2.24, 2.45) is 0 Å². The number of rotatable bonds is 2. The molecule has 2 heteroatoms. The lowest BCUT2D eigenvalue weighted by Gasteiger charge is -2.01. The average molecular weight is 238 g/mol. The Morgan fingerprint density at radius 3 is 1.94 bits per heavy atom. The molecule has 0 spiro atoms. The summed E-state index contributed by atoms with van der Waals surface area (Å²) in [6.45, 7) is 0.0958. The van der Waals surface area contributed by atoms with E-state index >= 15 is 0 Å². The summed E-state index contributed by atoms with van der Waals surface area (Å²) in [6, 6.07) is 15.0. The quantitative estimate of drug-likeness (QED) is 0.790. The van der Waals surface area contributed by atoms with Crippen molar-refractivity contribution in [2.45, 2.75) is 6.42 Å². The van der Waals surface area contributed by atoms with E-state index in [1.807, 2.05) is 36.4 Å².